The molecular weight excluding hydrogens is 362 g/mol. The van der Waals surface area contributed by atoms with Crippen molar-refractivity contribution < 1.29 is 9.72 Å². The van der Waals surface area contributed by atoms with Gasteiger partial charge < -0.3 is 4.90 Å². The maximum atomic E-state index is 12.8. The Morgan fingerprint density at radius 1 is 1.26 bits per heavy atom. The Morgan fingerprint density at radius 2 is 2.04 bits per heavy atom. The normalized spacial score (nSPS) is 13.7. The van der Waals surface area contributed by atoms with Gasteiger partial charge in [0.2, 0.25) is 0 Å². The van der Waals surface area contributed by atoms with E-state index < -0.39 is 4.92 Å². The third kappa shape index (κ3) is 4.74. The average Bonchev–Trinajstić information content (AvgIpc) is 2.72. The fourth-order valence-corrected chi connectivity index (χ4v) is 3.78. The standard InChI is InChI=1S/C20H21N3O3S/c1-2-15-7-9-17(10-8-15)22(20-21-11-4-12-27-20)14-19(24)16-5-3-6-18(13-16)23(25)26/h3,5-10,13H,2,4,11-12,14H2,1H3. The first kappa shape index (κ1) is 19.1. The Morgan fingerprint density at radius 3 is 2.67 bits per heavy atom. The number of hydrogen-bond donors (Lipinski definition) is 0. The lowest BCUT2D eigenvalue weighted by molar-refractivity contribution is -0.384. The van der Waals surface area contributed by atoms with Gasteiger partial charge in [-0.3, -0.25) is 19.9 Å². The van der Waals surface area contributed by atoms with Gasteiger partial charge in [-0.2, -0.15) is 0 Å². The van der Waals surface area contributed by atoms with Gasteiger partial charge in [-0.25, -0.2) is 0 Å². The van der Waals surface area contributed by atoms with E-state index in [2.05, 4.69) is 11.9 Å². The number of Topliss-reactive ketones (excluding diaryl/α,β-unsaturated/α-hetero) is 1. The number of carbonyl (C=O) groups excluding carboxylic acids is 1. The number of hydrogen-bond acceptors (Lipinski definition) is 6. The number of benzene rings is 2. The third-order valence-corrected chi connectivity index (χ3v) is 5.45. The highest BCUT2D eigenvalue weighted by Crippen LogP contribution is 2.24. The lowest BCUT2D eigenvalue weighted by Gasteiger charge is -2.27. The Kier molecular flexibility index (Phi) is 6.24. The Balaban J connectivity index is 1.88. The Bertz CT molecular complexity index is 865. The van der Waals surface area contributed by atoms with Crippen LogP contribution in [0.15, 0.2) is 53.5 Å². The summed E-state index contributed by atoms with van der Waals surface area (Å²) in [6.45, 7) is 2.94. The first-order valence-electron chi connectivity index (χ1n) is 8.90. The lowest BCUT2D eigenvalue weighted by atomic mass is 10.1. The molecule has 0 aromatic heterocycles. The summed E-state index contributed by atoms with van der Waals surface area (Å²) < 4.78 is 0. The number of ketones is 1. The summed E-state index contributed by atoms with van der Waals surface area (Å²) in [4.78, 5) is 29.8. The predicted octanol–water partition coefficient (Wildman–Crippen LogP) is 4.34. The molecular formula is C20H21N3O3S. The minimum atomic E-state index is -0.487. The number of non-ortho nitro benzene ring substituents is 1. The molecule has 1 aliphatic heterocycles. The fourth-order valence-electron chi connectivity index (χ4n) is 2.82. The van der Waals surface area contributed by atoms with Crippen LogP contribution >= 0.6 is 11.8 Å². The molecule has 1 aliphatic rings. The van der Waals surface area contributed by atoms with E-state index in [1.165, 1.54) is 17.7 Å². The number of amidine groups is 1. The first-order valence-corrected chi connectivity index (χ1v) is 9.88. The van der Waals surface area contributed by atoms with Crippen LogP contribution in [0.3, 0.4) is 0 Å². The summed E-state index contributed by atoms with van der Waals surface area (Å²) in [6, 6.07) is 14.0. The number of rotatable bonds is 6. The molecule has 0 N–H and O–H groups in total. The number of nitro benzene ring substituents is 1. The molecule has 3 rings (SSSR count). The maximum Gasteiger partial charge on any atom is 0.270 e. The van der Waals surface area contributed by atoms with Gasteiger partial charge in [-0.1, -0.05) is 43.0 Å². The van der Waals surface area contributed by atoms with Crippen molar-refractivity contribution in [1.82, 2.24) is 0 Å². The van der Waals surface area contributed by atoms with E-state index in [0.29, 0.717) is 5.56 Å². The van der Waals surface area contributed by atoms with Crippen molar-refractivity contribution in [3.05, 3.63) is 69.8 Å². The largest absolute Gasteiger partial charge is 0.313 e. The number of nitrogens with zero attached hydrogens (tertiary/aromatic N) is 3. The van der Waals surface area contributed by atoms with Crippen molar-refractivity contribution >= 4 is 34.1 Å². The summed E-state index contributed by atoms with van der Waals surface area (Å²) in [6.07, 6.45) is 1.97. The van der Waals surface area contributed by atoms with Crippen LogP contribution in [0.5, 0.6) is 0 Å². The van der Waals surface area contributed by atoms with Gasteiger partial charge in [0.05, 0.1) is 11.5 Å². The lowest BCUT2D eigenvalue weighted by Crippen LogP contribution is -2.35. The van der Waals surface area contributed by atoms with Crippen LogP contribution in [-0.2, 0) is 6.42 Å². The highest BCUT2D eigenvalue weighted by atomic mass is 32.2. The van der Waals surface area contributed by atoms with Crippen molar-refractivity contribution in [3.63, 3.8) is 0 Å². The summed E-state index contributed by atoms with van der Waals surface area (Å²) in [5.74, 6) is 0.792. The molecule has 0 amide bonds. The first-order chi connectivity index (χ1) is 13.1. The van der Waals surface area contributed by atoms with Crippen molar-refractivity contribution in [2.45, 2.75) is 19.8 Å². The molecule has 2 aromatic carbocycles. The van der Waals surface area contributed by atoms with Crippen LogP contribution in [0, 0.1) is 10.1 Å². The SMILES string of the molecule is CCc1ccc(N(CC(=O)c2cccc([N+](=O)[O-])c2)C2=NCCCS2)cc1. The number of anilines is 1. The molecule has 0 saturated carbocycles. The molecule has 7 heteroatoms. The zero-order chi connectivity index (χ0) is 19.2. The topological polar surface area (TPSA) is 75.8 Å². The van der Waals surface area contributed by atoms with Crippen LogP contribution in [0.2, 0.25) is 0 Å². The summed E-state index contributed by atoms with van der Waals surface area (Å²) in [5, 5.41) is 11.8. The summed E-state index contributed by atoms with van der Waals surface area (Å²) in [7, 11) is 0. The van der Waals surface area contributed by atoms with Crippen molar-refractivity contribution in [2.24, 2.45) is 4.99 Å². The zero-order valence-corrected chi connectivity index (χ0v) is 15.9. The number of aryl methyl sites for hydroxylation is 1. The second kappa shape index (κ2) is 8.81. The highest BCUT2D eigenvalue weighted by Gasteiger charge is 2.21. The molecule has 0 radical (unpaired) electrons. The van der Waals surface area contributed by atoms with Gasteiger partial charge in [0.1, 0.15) is 0 Å². The number of carbonyl (C=O) groups is 1. The summed E-state index contributed by atoms with van der Waals surface area (Å²) in [5.41, 5.74) is 2.38. The van der Waals surface area contributed by atoms with Crippen molar-refractivity contribution in [1.29, 1.82) is 0 Å². The monoisotopic (exact) mass is 383 g/mol. The smallest absolute Gasteiger partial charge is 0.270 e. The van der Waals surface area contributed by atoms with Gasteiger partial charge in [-0.05, 0) is 30.5 Å². The minimum absolute atomic E-state index is 0.0796. The van der Waals surface area contributed by atoms with Crippen LogP contribution < -0.4 is 4.90 Å². The second-order valence-electron chi connectivity index (χ2n) is 6.20. The van der Waals surface area contributed by atoms with Gasteiger partial charge in [0.15, 0.2) is 11.0 Å². The van der Waals surface area contributed by atoms with Crippen molar-refractivity contribution in [2.75, 3.05) is 23.7 Å². The molecule has 0 unspecified atom stereocenters. The second-order valence-corrected chi connectivity index (χ2v) is 7.27. The van der Waals surface area contributed by atoms with E-state index in [1.807, 2.05) is 29.2 Å². The number of aliphatic imine (C=N–C) groups is 1. The quantitative estimate of drug-likeness (QED) is 0.421. The van der Waals surface area contributed by atoms with E-state index in [9.17, 15) is 14.9 Å². The Hall–Kier alpha value is -2.67. The van der Waals surface area contributed by atoms with Crippen LogP contribution in [0.4, 0.5) is 11.4 Å². The molecule has 27 heavy (non-hydrogen) atoms. The molecule has 140 valence electrons. The zero-order valence-electron chi connectivity index (χ0n) is 15.1. The van der Waals surface area contributed by atoms with Gasteiger partial charge in [-0.15, -0.1) is 0 Å². The van der Waals surface area contributed by atoms with Gasteiger partial charge in [0, 0.05) is 35.7 Å². The van der Waals surface area contributed by atoms with Crippen LogP contribution in [-0.4, -0.2) is 34.7 Å². The van der Waals surface area contributed by atoms with Crippen LogP contribution in [0.1, 0.15) is 29.3 Å². The molecule has 6 nitrogen and oxygen atoms in total. The molecule has 0 atom stereocenters. The average molecular weight is 383 g/mol. The highest BCUT2D eigenvalue weighted by molar-refractivity contribution is 8.14. The summed E-state index contributed by atoms with van der Waals surface area (Å²) >= 11 is 1.64. The third-order valence-electron chi connectivity index (χ3n) is 4.35. The molecule has 0 bridgehead atoms. The van der Waals surface area contributed by atoms with E-state index in [0.717, 1.165) is 36.0 Å². The number of thioether (sulfide) groups is 1. The minimum Gasteiger partial charge on any atom is -0.313 e. The number of nitro groups is 1. The van der Waals surface area contributed by atoms with E-state index >= 15 is 0 Å². The molecule has 0 aliphatic carbocycles. The Labute approximate surface area is 162 Å². The maximum absolute atomic E-state index is 12.8. The fraction of sp³-hybridized carbons (Fsp3) is 0.300. The molecule has 2 aromatic rings. The van der Waals surface area contributed by atoms with Gasteiger partial charge >= 0.3 is 0 Å². The molecule has 0 spiro atoms. The van der Waals surface area contributed by atoms with E-state index in [-0.39, 0.29) is 18.0 Å². The predicted molar refractivity (Wildman–Crippen MR) is 110 cm³/mol. The van der Waals surface area contributed by atoms with Gasteiger partial charge in [0.25, 0.3) is 5.69 Å². The van der Waals surface area contributed by atoms with Crippen molar-refractivity contribution in [3.8, 4) is 0 Å². The van der Waals surface area contributed by atoms with Crippen LogP contribution in [0.25, 0.3) is 0 Å². The molecule has 0 saturated heterocycles. The van der Waals surface area contributed by atoms with E-state index in [1.54, 1.807) is 23.9 Å². The van der Waals surface area contributed by atoms with E-state index in [4.69, 9.17) is 0 Å². The molecule has 0 fully saturated rings. The molecule has 1 heterocycles.